The molecule has 0 spiro atoms. The van der Waals surface area contributed by atoms with Gasteiger partial charge in [0.1, 0.15) is 4.90 Å². The lowest BCUT2D eigenvalue weighted by molar-refractivity contribution is 0.484. The second-order valence-electron chi connectivity index (χ2n) is 5.83. The molecule has 1 N–H and O–H groups in total. The van der Waals surface area contributed by atoms with Gasteiger partial charge in [0.25, 0.3) is 10.1 Å². The molecule has 3 nitrogen and oxygen atoms in total. The maximum atomic E-state index is 11.7. The molecule has 4 heteroatoms. The van der Waals surface area contributed by atoms with Crippen LogP contribution >= 0.6 is 0 Å². The molecule has 0 heterocycles. The minimum atomic E-state index is -4.21. The lowest BCUT2D eigenvalue weighted by atomic mass is 9.99. The van der Waals surface area contributed by atoms with E-state index in [-0.39, 0.29) is 4.90 Å². The smallest absolute Gasteiger partial charge is 0.282 e. The topological polar surface area (TPSA) is 54.4 Å². The van der Waals surface area contributed by atoms with Gasteiger partial charge in [-0.3, -0.25) is 4.55 Å². The van der Waals surface area contributed by atoms with Crippen molar-refractivity contribution >= 4 is 20.9 Å². The number of unbranched alkanes of at least 4 members (excludes halogenated alkanes) is 2. The summed E-state index contributed by atoms with van der Waals surface area (Å²) in [6.07, 6.45) is 6.12. The summed E-state index contributed by atoms with van der Waals surface area (Å²) in [6.45, 7) is 4.26. The Kier molecular flexibility index (Phi) is 5.59. The van der Waals surface area contributed by atoms with E-state index >= 15 is 0 Å². The molecule has 0 unspecified atom stereocenters. The standard InChI is InChI=1S/C18H24O3S/c1-3-5-7-14-9-10-17-16(11-14)12-15(8-6-4-2)13-18(17)22(19,20)21/h9-13H,3-8H2,1-2H3,(H,19,20,21). The fourth-order valence-corrected chi connectivity index (χ4v) is 3.48. The van der Waals surface area contributed by atoms with Crippen molar-refractivity contribution < 1.29 is 13.0 Å². The highest BCUT2D eigenvalue weighted by atomic mass is 32.2. The van der Waals surface area contributed by atoms with Crippen LogP contribution in [-0.2, 0) is 23.0 Å². The molecule has 2 aromatic rings. The number of fused-ring (bicyclic) bond motifs is 1. The zero-order chi connectivity index (χ0) is 16.2. The largest absolute Gasteiger partial charge is 0.295 e. The van der Waals surface area contributed by atoms with E-state index < -0.39 is 10.1 Å². The number of aryl methyl sites for hydroxylation is 2. The van der Waals surface area contributed by atoms with Crippen LogP contribution in [-0.4, -0.2) is 13.0 Å². The van der Waals surface area contributed by atoms with E-state index in [1.165, 1.54) is 5.56 Å². The summed E-state index contributed by atoms with van der Waals surface area (Å²) in [7, 11) is -4.21. The molecule has 0 amide bonds. The van der Waals surface area contributed by atoms with Gasteiger partial charge >= 0.3 is 0 Å². The third kappa shape index (κ3) is 4.08. The number of hydrogen-bond acceptors (Lipinski definition) is 2. The average molecular weight is 320 g/mol. The van der Waals surface area contributed by atoms with Gasteiger partial charge in [-0.1, -0.05) is 51.0 Å². The van der Waals surface area contributed by atoms with E-state index in [2.05, 4.69) is 26.0 Å². The minimum Gasteiger partial charge on any atom is -0.282 e. The van der Waals surface area contributed by atoms with E-state index in [0.717, 1.165) is 49.5 Å². The molecule has 22 heavy (non-hydrogen) atoms. The maximum Gasteiger partial charge on any atom is 0.295 e. The highest BCUT2D eigenvalue weighted by Crippen LogP contribution is 2.27. The molecule has 120 valence electrons. The zero-order valence-corrected chi connectivity index (χ0v) is 14.1. The van der Waals surface area contributed by atoms with Crippen LogP contribution in [0.15, 0.2) is 35.2 Å². The molecule has 0 radical (unpaired) electrons. The van der Waals surface area contributed by atoms with Crippen molar-refractivity contribution in [1.29, 1.82) is 0 Å². The lowest BCUT2D eigenvalue weighted by Crippen LogP contribution is -2.01. The molecule has 0 aliphatic rings. The molecule has 0 aliphatic heterocycles. The summed E-state index contributed by atoms with van der Waals surface area (Å²) < 4.78 is 32.9. The first-order chi connectivity index (χ1) is 10.5. The zero-order valence-electron chi connectivity index (χ0n) is 13.3. The van der Waals surface area contributed by atoms with Crippen molar-refractivity contribution in [3.05, 3.63) is 41.5 Å². The summed E-state index contributed by atoms with van der Waals surface area (Å²) in [6, 6.07) is 9.48. The van der Waals surface area contributed by atoms with Gasteiger partial charge in [0.15, 0.2) is 0 Å². The minimum absolute atomic E-state index is 0.0261. The highest BCUT2D eigenvalue weighted by molar-refractivity contribution is 7.86. The van der Waals surface area contributed by atoms with Crippen molar-refractivity contribution in [3.8, 4) is 0 Å². The molecule has 0 saturated carbocycles. The molecule has 0 atom stereocenters. The number of hydrogen-bond donors (Lipinski definition) is 1. The number of benzene rings is 2. The van der Waals surface area contributed by atoms with Crippen molar-refractivity contribution in [3.63, 3.8) is 0 Å². The van der Waals surface area contributed by atoms with Crippen molar-refractivity contribution in [2.24, 2.45) is 0 Å². The Hall–Kier alpha value is -1.39. The molecular formula is C18H24O3S. The van der Waals surface area contributed by atoms with Crippen LogP contribution in [0.3, 0.4) is 0 Å². The van der Waals surface area contributed by atoms with Crippen molar-refractivity contribution in [1.82, 2.24) is 0 Å². The second-order valence-corrected chi connectivity index (χ2v) is 7.22. The first kappa shape index (κ1) is 17.0. The quantitative estimate of drug-likeness (QED) is 0.747. The van der Waals surface area contributed by atoms with Gasteiger partial charge in [0, 0.05) is 5.39 Å². The summed E-state index contributed by atoms with van der Waals surface area (Å²) >= 11 is 0. The van der Waals surface area contributed by atoms with Crippen LogP contribution in [0.1, 0.15) is 50.7 Å². The Morgan fingerprint density at radius 1 is 0.909 bits per heavy atom. The molecule has 0 aromatic heterocycles. The van der Waals surface area contributed by atoms with E-state index in [1.807, 2.05) is 12.1 Å². The SMILES string of the molecule is CCCCc1ccc2c(S(=O)(=O)O)cc(CCCC)cc2c1. The fraction of sp³-hybridized carbons (Fsp3) is 0.444. The van der Waals surface area contributed by atoms with Crippen LogP contribution in [0.25, 0.3) is 10.8 Å². The Bertz CT molecular complexity index is 743. The number of rotatable bonds is 7. The molecule has 2 rings (SSSR count). The van der Waals surface area contributed by atoms with Crippen molar-refractivity contribution in [2.75, 3.05) is 0 Å². The van der Waals surface area contributed by atoms with Gasteiger partial charge in [-0.05, 0) is 48.3 Å². The van der Waals surface area contributed by atoms with Crippen LogP contribution in [0.5, 0.6) is 0 Å². The van der Waals surface area contributed by atoms with E-state index in [0.29, 0.717) is 5.39 Å². The molecule has 0 aliphatic carbocycles. The van der Waals surface area contributed by atoms with Gasteiger partial charge in [-0.15, -0.1) is 0 Å². The third-order valence-corrected chi connectivity index (χ3v) is 4.85. The van der Waals surface area contributed by atoms with Gasteiger partial charge in [0.05, 0.1) is 0 Å². The molecular weight excluding hydrogens is 296 g/mol. The molecule has 0 bridgehead atoms. The highest BCUT2D eigenvalue weighted by Gasteiger charge is 2.15. The predicted molar refractivity (Wildman–Crippen MR) is 91.0 cm³/mol. The predicted octanol–water partition coefficient (Wildman–Crippen LogP) is 4.77. The van der Waals surface area contributed by atoms with Gasteiger partial charge in [0.2, 0.25) is 0 Å². The van der Waals surface area contributed by atoms with Crippen LogP contribution in [0.2, 0.25) is 0 Å². The third-order valence-electron chi connectivity index (χ3n) is 3.95. The van der Waals surface area contributed by atoms with Gasteiger partial charge < -0.3 is 0 Å². The molecule has 2 aromatic carbocycles. The van der Waals surface area contributed by atoms with Crippen LogP contribution in [0.4, 0.5) is 0 Å². The normalized spacial score (nSPS) is 12.0. The summed E-state index contributed by atoms with van der Waals surface area (Å²) in [5.74, 6) is 0. The van der Waals surface area contributed by atoms with E-state index in [4.69, 9.17) is 0 Å². The first-order valence-electron chi connectivity index (χ1n) is 7.98. The Labute approximate surface area is 133 Å². The molecule has 0 fully saturated rings. The van der Waals surface area contributed by atoms with E-state index in [9.17, 15) is 13.0 Å². The first-order valence-corrected chi connectivity index (χ1v) is 9.42. The Morgan fingerprint density at radius 3 is 2.09 bits per heavy atom. The van der Waals surface area contributed by atoms with E-state index in [1.54, 1.807) is 6.07 Å². The Morgan fingerprint density at radius 2 is 1.50 bits per heavy atom. The second kappa shape index (κ2) is 7.25. The summed E-state index contributed by atoms with van der Waals surface area (Å²) in [5, 5.41) is 1.50. The van der Waals surface area contributed by atoms with Crippen LogP contribution < -0.4 is 0 Å². The Balaban J connectivity index is 2.55. The summed E-state index contributed by atoms with van der Waals surface area (Å²) in [5.41, 5.74) is 2.18. The van der Waals surface area contributed by atoms with Crippen molar-refractivity contribution in [2.45, 2.75) is 57.3 Å². The molecule has 0 saturated heterocycles. The fourth-order valence-electron chi connectivity index (χ4n) is 2.72. The lowest BCUT2D eigenvalue weighted by Gasteiger charge is -2.10. The van der Waals surface area contributed by atoms with Gasteiger partial charge in [-0.2, -0.15) is 8.42 Å². The van der Waals surface area contributed by atoms with Gasteiger partial charge in [-0.25, -0.2) is 0 Å². The van der Waals surface area contributed by atoms with Crippen LogP contribution in [0, 0.1) is 0 Å². The maximum absolute atomic E-state index is 11.7. The monoisotopic (exact) mass is 320 g/mol. The summed E-state index contributed by atoms with van der Waals surface area (Å²) in [4.78, 5) is 0.0261. The average Bonchev–Trinajstić information content (AvgIpc) is 2.48.